The first kappa shape index (κ1) is 25.1. The minimum absolute atomic E-state index is 0.464. The van der Waals surface area contributed by atoms with Gasteiger partial charge >= 0.3 is 0 Å². The zero-order valence-electron chi connectivity index (χ0n) is 20.3. The minimum Gasteiger partial charge on any atom is -0.375 e. The van der Waals surface area contributed by atoms with Crippen LogP contribution in [0.2, 0.25) is 0 Å². The maximum Gasteiger partial charge on any atom is 0.0579 e. The fourth-order valence-electron chi connectivity index (χ4n) is 5.32. The van der Waals surface area contributed by atoms with Gasteiger partial charge in [-0.15, -0.1) is 0 Å². The van der Waals surface area contributed by atoms with Crippen LogP contribution in [0, 0.1) is 5.92 Å². The summed E-state index contributed by atoms with van der Waals surface area (Å²) in [6.45, 7) is 15.7. The molecule has 29 heavy (non-hydrogen) atoms. The summed E-state index contributed by atoms with van der Waals surface area (Å²) in [6.07, 6.45) is 18.6. The summed E-state index contributed by atoms with van der Waals surface area (Å²) >= 11 is 0. The van der Waals surface area contributed by atoms with E-state index in [1.807, 2.05) is 0 Å². The molecular weight excluding hydrogens is 356 g/mol. The van der Waals surface area contributed by atoms with Crippen LogP contribution in [0.4, 0.5) is 0 Å². The van der Waals surface area contributed by atoms with Gasteiger partial charge in [-0.1, -0.05) is 52.4 Å². The van der Waals surface area contributed by atoms with Crippen molar-refractivity contribution in [2.45, 2.75) is 129 Å². The highest BCUT2D eigenvalue weighted by atomic mass is 16.5. The van der Waals surface area contributed by atoms with Crippen molar-refractivity contribution >= 4 is 0 Å². The Morgan fingerprint density at radius 3 is 2.10 bits per heavy atom. The van der Waals surface area contributed by atoms with Crippen LogP contribution in [0.5, 0.6) is 0 Å². The average molecular weight is 409 g/mol. The molecule has 2 unspecified atom stereocenters. The van der Waals surface area contributed by atoms with Crippen molar-refractivity contribution in [3.8, 4) is 0 Å². The Balaban J connectivity index is 1.47. The third kappa shape index (κ3) is 10.2. The fourth-order valence-corrected chi connectivity index (χ4v) is 5.32. The number of piperazine rings is 1. The van der Waals surface area contributed by atoms with Crippen LogP contribution in [0.3, 0.4) is 0 Å². The van der Waals surface area contributed by atoms with Gasteiger partial charge in [0.15, 0.2) is 0 Å². The molecule has 1 saturated heterocycles. The predicted octanol–water partition coefficient (Wildman–Crippen LogP) is 6.51. The number of nitrogens with zero attached hydrogens (tertiary/aromatic N) is 2. The minimum atomic E-state index is 0.464. The maximum atomic E-state index is 6.28. The standard InChI is InChI=1S/C26H52N2O/c1-5-7-11-23(3)28-21-19-27(20-22-28)18-10-9-13-25-14-16-26(17-15-25)29-24(4)12-8-6-2/h23-26H,5-22H2,1-4H3. The number of hydrogen-bond donors (Lipinski definition) is 0. The molecule has 2 aliphatic rings. The van der Waals surface area contributed by atoms with Gasteiger partial charge in [0.1, 0.15) is 0 Å². The summed E-state index contributed by atoms with van der Waals surface area (Å²) in [5, 5.41) is 0. The van der Waals surface area contributed by atoms with Crippen molar-refractivity contribution in [1.82, 2.24) is 9.80 Å². The SMILES string of the molecule is CCCCC(C)OC1CCC(CCCCN2CCN(C(C)CCCC)CC2)CC1. The van der Waals surface area contributed by atoms with Crippen molar-refractivity contribution in [2.75, 3.05) is 32.7 Å². The van der Waals surface area contributed by atoms with E-state index in [1.165, 1.54) is 116 Å². The summed E-state index contributed by atoms with van der Waals surface area (Å²) < 4.78 is 6.28. The predicted molar refractivity (Wildman–Crippen MR) is 127 cm³/mol. The van der Waals surface area contributed by atoms with Gasteiger partial charge in [0, 0.05) is 32.2 Å². The number of rotatable bonds is 14. The van der Waals surface area contributed by atoms with E-state index in [0.717, 1.165) is 12.0 Å². The van der Waals surface area contributed by atoms with Crippen LogP contribution < -0.4 is 0 Å². The van der Waals surface area contributed by atoms with E-state index in [4.69, 9.17) is 4.74 Å². The lowest BCUT2D eigenvalue weighted by molar-refractivity contribution is -0.0326. The molecule has 0 radical (unpaired) electrons. The second-order valence-electron chi connectivity index (χ2n) is 10.1. The molecule has 2 fully saturated rings. The highest BCUT2D eigenvalue weighted by Gasteiger charge is 2.23. The molecule has 0 N–H and O–H groups in total. The molecule has 1 aliphatic heterocycles. The first-order valence-corrected chi connectivity index (χ1v) is 13.2. The number of hydrogen-bond acceptors (Lipinski definition) is 3. The molecule has 0 aromatic rings. The molecule has 3 nitrogen and oxygen atoms in total. The van der Waals surface area contributed by atoms with Gasteiger partial charge in [-0.2, -0.15) is 0 Å². The molecule has 0 spiro atoms. The molecule has 0 aromatic heterocycles. The smallest absolute Gasteiger partial charge is 0.0579 e. The highest BCUT2D eigenvalue weighted by Crippen LogP contribution is 2.30. The van der Waals surface area contributed by atoms with Gasteiger partial charge in [-0.05, 0) is 71.3 Å². The molecule has 0 bridgehead atoms. The maximum absolute atomic E-state index is 6.28. The van der Waals surface area contributed by atoms with Crippen LogP contribution in [0.1, 0.15) is 111 Å². The molecule has 3 heteroatoms. The number of unbranched alkanes of at least 4 members (excludes halogenated alkanes) is 3. The Hall–Kier alpha value is -0.120. The molecule has 172 valence electrons. The van der Waals surface area contributed by atoms with Gasteiger partial charge in [0.2, 0.25) is 0 Å². The van der Waals surface area contributed by atoms with Gasteiger partial charge < -0.3 is 9.64 Å². The lowest BCUT2D eigenvalue weighted by Crippen LogP contribution is -2.49. The molecule has 0 aromatic carbocycles. The summed E-state index contributed by atoms with van der Waals surface area (Å²) in [5.41, 5.74) is 0. The number of ether oxygens (including phenoxy) is 1. The second kappa shape index (κ2) is 14.8. The quantitative estimate of drug-likeness (QED) is 0.305. The van der Waals surface area contributed by atoms with Crippen molar-refractivity contribution in [3.05, 3.63) is 0 Å². The molecule has 1 heterocycles. The highest BCUT2D eigenvalue weighted by molar-refractivity contribution is 4.77. The van der Waals surface area contributed by atoms with Gasteiger partial charge in [-0.3, -0.25) is 4.90 Å². The van der Waals surface area contributed by atoms with Crippen molar-refractivity contribution < 1.29 is 4.74 Å². The Bertz CT molecular complexity index is 386. The van der Waals surface area contributed by atoms with Crippen LogP contribution in [0.15, 0.2) is 0 Å². The summed E-state index contributed by atoms with van der Waals surface area (Å²) in [7, 11) is 0. The van der Waals surface area contributed by atoms with E-state index in [2.05, 4.69) is 37.5 Å². The molecule has 0 amide bonds. The first-order chi connectivity index (χ1) is 14.1. The van der Waals surface area contributed by atoms with Crippen molar-refractivity contribution in [3.63, 3.8) is 0 Å². The lowest BCUT2D eigenvalue weighted by atomic mass is 9.84. The fraction of sp³-hybridized carbons (Fsp3) is 1.00. The second-order valence-corrected chi connectivity index (χ2v) is 10.1. The van der Waals surface area contributed by atoms with Gasteiger partial charge in [0.25, 0.3) is 0 Å². The van der Waals surface area contributed by atoms with Crippen LogP contribution in [-0.2, 0) is 4.74 Å². The Labute approximate surface area is 182 Å². The van der Waals surface area contributed by atoms with Crippen molar-refractivity contribution in [2.24, 2.45) is 5.92 Å². The molecule has 2 atom stereocenters. The van der Waals surface area contributed by atoms with E-state index in [0.29, 0.717) is 12.2 Å². The molecular formula is C26H52N2O. The lowest BCUT2D eigenvalue weighted by Gasteiger charge is -2.38. The Kier molecular flexibility index (Phi) is 12.8. The topological polar surface area (TPSA) is 15.7 Å². The summed E-state index contributed by atoms with van der Waals surface area (Å²) in [5.74, 6) is 0.970. The molecule has 1 saturated carbocycles. The van der Waals surface area contributed by atoms with Crippen molar-refractivity contribution in [1.29, 1.82) is 0 Å². The zero-order valence-corrected chi connectivity index (χ0v) is 20.3. The summed E-state index contributed by atoms with van der Waals surface area (Å²) in [4.78, 5) is 5.43. The first-order valence-electron chi connectivity index (χ1n) is 13.2. The third-order valence-electron chi connectivity index (χ3n) is 7.53. The molecule has 2 rings (SSSR count). The Morgan fingerprint density at radius 2 is 1.45 bits per heavy atom. The molecule has 1 aliphatic carbocycles. The largest absolute Gasteiger partial charge is 0.375 e. The van der Waals surface area contributed by atoms with Gasteiger partial charge in [0.05, 0.1) is 12.2 Å². The normalized spacial score (nSPS) is 26.5. The monoisotopic (exact) mass is 408 g/mol. The Morgan fingerprint density at radius 1 is 0.793 bits per heavy atom. The van der Waals surface area contributed by atoms with Crippen LogP contribution >= 0.6 is 0 Å². The van der Waals surface area contributed by atoms with E-state index in [-0.39, 0.29) is 0 Å². The van der Waals surface area contributed by atoms with Crippen LogP contribution in [-0.4, -0.2) is 60.8 Å². The third-order valence-corrected chi connectivity index (χ3v) is 7.53. The average Bonchev–Trinajstić information content (AvgIpc) is 2.75. The van der Waals surface area contributed by atoms with E-state index in [9.17, 15) is 0 Å². The zero-order chi connectivity index (χ0) is 20.9. The van der Waals surface area contributed by atoms with E-state index < -0.39 is 0 Å². The van der Waals surface area contributed by atoms with E-state index >= 15 is 0 Å². The summed E-state index contributed by atoms with van der Waals surface area (Å²) in [6, 6.07) is 0.783. The van der Waals surface area contributed by atoms with Gasteiger partial charge in [-0.25, -0.2) is 0 Å². The van der Waals surface area contributed by atoms with E-state index in [1.54, 1.807) is 0 Å². The van der Waals surface area contributed by atoms with Crippen LogP contribution in [0.25, 0.3) is 0 Å².